The zero-order chi connectivity index (χ0) is 25.6. The summed E-state index contributed by atoms with van der Waals surface area (Å²) >= 11 is 0. The summed E-state index contributed by atoms with van der Waals surface area (Å²) in [5.41, 5.74) is 1.03. The molecule has 0 aliphatic heterocycles. The molecule has 0 saturated carbocycles. The number of hydrogen-bond donors (Lipinski definition) is 0. The van der Waals surface area contributed by atoms with Crippen LogP contribution in [0.25, 0.3) is 0 Å². The summed E-state index contributed by atoms with van der Waals surface area (Å²) in [5.74, 6) is 2.02. The van der Waals surface area contributed by atoms with Gasteiger partial charge in [-0.1, -0.05) is 39.2 Å². The summed E-state index contributed by atoms with van der Waals surface area (Å²) in [6.45, 7) is 7.14. The molecular formula is C28H42N2O5. The van der Waals surface area contributed by atoms with Crippen molar-refractivity contribution in [2.45, 2.75) is 78.3 Å². The molecule has 1 aromatic heterocycles. The SMILES string of the molecule is CCCCCCC(=O)N(CC(=O)N(CCc1ccc(OC)c(OC)c1)Cc1ccco1)[C@H](C)CC. The predicted molar refractivity (Wildman–Crippen MR) is 138 cm³/mol. The molecule has 35 heavy (non-hydrogen) atoms. The van der Waals surface area contributed by atoms with E-state index in [4.69, 9.17) is 13.9 Å². The third kappa shape index (κ3) is 8.96. The fourth-order valence-electron chi connectivity index (χ4n) is 3.99. The smallest absolute Gasteiger partial charge is 0.242 e. The number of furan rings is 1. The van der Waals surface area contributed by atoms with E-state index in [0.29, 0.717) is 43.2 Å². The molecular weight excluding hydrogens is 444 g/mol. The normalized spacial score (nSPS) is 11.7. The number of carbonyl (C=O) groups is 2. The first-order valence-corrected chi connectivity index (χ1v) is 12.7. The van der Waals surface area contributed by atoms with Crippen molar-refractivity contribution in [2.75, 3.05) is 27.3 Å². The molecule has 0 unspecified atom stereocenters. The first kappa shape index (κ1) is 28.3. The van der Waals surface area contributed by atoms with E-state index in [2.05, 4.69) is 6.92 Å². The zero-order valence-electron chi connectivity index (χ0n) is 22.0. The van der Waals surface area contributed by atoms with Crippen LogP contribution in [0.1, 0.15) is 70.6 Å². The molecule has 1 atom stereocenters. The second kappa shape index (κ2) is 15.1. The van der Waals surface area contributed by atoms with E-state index in [0.717, 1.165) is 37.7 Å². The van der Waals surface area contributed by atoms with Crippen molar-refractivity contribution >= 4 is 11.8 Å². The average molecular weight is 487 g/mol. The van der Waals surface area contributed by atoms with Crippen molar-refractivity contribution in [3.05, 3.63) is 47.9 Å². The van der Waals surface area contributed by atoms with Crippen molar-refractivity contribution in [3.63, 3.8) is 0 Å². The van der Waals surface area contributed by atoms with E-state index >= 15 is 0 Å². The zero-order valence-corrected chi connectivity index (χ0v) is 22.0. The highest BCUT2D eigenvalue weighted by atomic mass is 16.5. The molecule has 2 aromatic rings. The fraction of sp³-hybridized carbons (Fsp3) is 0.571. The van der Waals surface area contributed by atoms with Crippen LogP contribution in [0.15, 0.2) is 41.0 Å². The Morgan fingerprint density at radius 2 is 1.77 bits per heavy atom. The number of unbranched alkanes of at least 4 members (excludes halogenated alkanes) is 3. The molecule has 1 aromatic carbocycles. The minimum Gasteiger partial charge on any atom is -0.493 e. The van der Waals surface area contributed by atoms with Gasteiger partial charge in [-0.25, -0.2) is 0 Å². The standard InChI is InChI=1S/C28H42N2O5/c1-6-8-9-10-13-27(31)30(22(3)7-2)21-28(32)29(20-24-12-11-18-35-24)17-16-23-14-15-25(33-4)26(19-23)34-5/h11-12,14-15,18-19,22H,6-10,13,16-17,20-21H2,1-5H3/t22-/m1/s1. The van der Waals surface area contributed by atoms with E-state index in [1.807, 2.05) is 44.2 Å². The lowest BCUT2D eigenvalue weighted by Crippen LogP contribution is -2.46. The van der Waals surface area contributed by atoms with E-state index in [1.54, 1.807) is 30.3 Å². The molecule has 1 heterocycles. The minimum absolute atomic E-state index is 0.00828. The van der Waals surface area contributed by atoms with Crippen LogP contribution in [0.4, 0.5) is 0 Å². The predicted octanol–water partition coefficient (Wildman–Crippen LogP) is 5.47. The Morgan fingerprint density at radius 3 is 2.40 bits per heavy atom. The molecule has 194 valence electrons. The second-order valence-corrected chi connectivity index (χ2v) is 8.92. The first-order chi connectivity index (χ1) is 16.9. The monoisotopic (exact) mass is 486 g/mol. The lowest BCUT2D eigenvalue weighted by atomic mass is 10.1. The quantitative estimate of drug-likeness (QED) is 0.294. The molecule has 0 N–H and O–H groups in total. The number of amides is 2. The Hall–Kier alpha value is -2.96. The van der Waals surface area contributed by atoms with Crippen LogP contribution in [0.3, 0.4) is 0 Å². The van der Waals surface area contributed by atoms with Gasteiger partial charge in [-0.3, -0.25) is 9.59 Å². The maximum Gasteiger partial charge on any atom is 0.242 e. The second-order valence-electron chi connectivity index (χ2n) is 8.92. The molecule has 7 heteroatoms. The molecule has 2 rings (SSSR count). The van der Waals surface area contributed by atoms with Crippen molar-refractivity contribution < 1.29 is 23.5 Å². The molecule has 0 saturated heterocycles. The molecule has 2 amide bonds. The molecule has 7 nitrogen and oxygen atoms in total. The van der Waals surface area contributed by atoms with Gasteiger partial charge in [-0.05, 0) is 56.0 Å². The Labute approximate surface area is 210 Å². The third-order valence-electron chi connectivity index (χ3n) is 6.39. The van der Waals surface area contributed by atoms with E-state index < -0.39 is 0 Å². The third-order valence-corrected chi connectivity index (χ3v) is 6.39. The Morgan fingerprint density at radius 1 is 1.00 bits per heavy atom. The van der Waals surface area contributed by atoms with Gasteiger partial charge in [0.05, 0.1) is 27.0 Å². The first-order valence-electron chi connectivity index (χ1n) is 12.7. The van der Waals surface area contributed by atoms with Crippen molar-refractivity contribution in [3.8, 4) is 11.5 Å². The summed E-state index contributed by atoms with van der Waals surface area (Å²) in [6.07, 6.45) is 7.70. The fourth-order valence-corrected chi connectivity index (χ4v) is 3.99. The molecule has 0 spiro atoms. The van der Waals surface area contributed by atoms with Gasteiger partial charge in [-0.2, -0.15) is 0 Å². The Balaban J connectivity index is 2.12. The summed E-state index contributed by atoms with van der Waals surface area (Å²) in [6, 6.07) is 9.46. The van der Waals surface area contributed by atoms with Gasteiger partial charge >= 0.3 is 0 Å². The van der Waals surface area contributed by atoms with Gasteiger partial charge < -0.3 is 23.7 Å². The summed E-state index contributed by atoms with van der Waals surface area (Å²) in [7, 11) is 3.21. The highest BCUT2D eigenvalue weighted by Crippen LogP contribution is 2.28. The lowest BCUT2D eigenvalue weighted by molar-refractivity contribution is -0.142. The molecule has 0 aliphatic rings. The van der Waals surface area contributed by atoms with Crippen LogP contribution >= 0.6 is 0 Å². The van der Waals surface area contributed by atoms with Crippen LogP contribution in [-0.4, -0.2) is 55.0 Å². The van der Waals surface area contributed by atoms with Crippen LogP contribution in [0, 0.1) is 0 Å². The van der Waals surface area contributed by atoms with Crippen molar-refractivity contribution in [1.82, 2.24) is 9.80 Å². The molecule has 0 radical (unpaired) electrons. The van der Waals surface area contributed by atoms with Gasteiger partial charge in [-0.15, -0.1) is 0 Å². The average Bonchev–Trinajstić information content (AvgIpc) is 3.39. The molecule has 0 bridgehead atoms. The summed E-state index contributed by atoms with van der Waals surface area (Å²) in [4.78, 5) is 30.0. The number of methoxy groups -OCH3 is 2. The van der Waals surface area contributed by atoms with Gasteiger partial charge in [0, 0.05) is 19.0 Å². The van der Waals surface area contributed by atoms with Crippen LogP contribution in [-0.2, 0) is 22.6 Å². The highest BCUT2D eigenvalue weighted by molar-refractivity contribution is 5.85. The number of rotatable bonds is 16. The number of carbonyl (C=O) groups excluding carboxylic acids is 2. The van der Waals surface area contributed by atoms with Crippen molar-refractivity contribution in [1.29, 1.82) is 0 Å². The highest BCUT2D eigenvalue weighted by Gasteiger charge is 2.25. The minimum atomic E-state index is -0.0796. The lowest BCUT2D eigenvalue weighted by Gasteiger charge is -2.31. The van der Waals surface area contributed by atoms with Gasteiger partial charge in [0.25, 0.3) is 0 Å². The van der Waals surface area contributed by atoms with Gasteiger partial charge in [0.1, 0.15) is 12.3 Å². The number of benzene rings is 1. The topological polar surface area (TPSA) is 72.2 Å². The van der Waals surface area contributed by atoms with Crippen molar-refractivity contribution in [2.24, 2.45) is 0 Å². The Kier molecular flexibility index (Phi) is 12.2. The van der Waals surface area contributed by atoms with Crippen LogP contribution in [0.5, 0.6) is 11.5 Å². The maximum atomic E-state index is 13.5. The molecule has 0 aliphatic carbocycles. The van der Waals surface area contributed by atoms with Gasteiger partial charge in [0.2, 0.25) is 11.8 Å². The van der Waals surface area contributed by atoms with Crippen LogP contribution in [0.2, 0.25) is 0 Å². The van der Waals surface area contributed by atoms with Gasteiger partial charge in [0.15, 0.2) is 11.5 Å². The maximum absolute atomic E-state index is 13.5. The number of hydrogen-bond acceptors (Lipinski definition) is 5. The summed E-state index contributed by atoms with van der Waals surface area (Å²) < 4.78 is 16.3. The van der Waals surface area contributed by atoms with E-state index in [-0.39, 0.29) is 24.4 Å². The largest absolute Gasteiger partial charge is 0.493 e. The number of ether oxygens (including phenoxy) is 2. The summed E-state index contributed by atoms with van der Waals surface area (Å²) in [5, 5.41) is 0. The Bertz CT molecular complexity index is 897. The van der Waals surface area contributed by atoms with E-state index in [1.165, 1.54) is 0 Å². The van der Waals surface area contributed by atoms with E-state index in [9.17, 15) is 9.59 Å². The molecule has 0 fully saturated rings. The van der Waals surface area contributed by atoms with Crippen LogP contribution < -0.4 is 9.47 Å². The number of nitrogens with zero attached hydrogens (tertiary/aromatic N) is 2.